The van der Waals surface area contributed by atoms with Gasteiger partial charge in [0, 0.05) is 11.6 Å². The third-order valence-electron chi connectivity index (χ3n) is 2.84. The number of nitro benzene ring substituents is 1. The van der Waals surface area contributed by atoms with Gasteiger partial charge in [0.15, 0.2) is 11.5 Å². The van der Waals surface area contributed by atoms with Crippen molar-refractivity contribution < 1.29 is 14.5 Å². The summed E-state index contributed by atoms with van der Waals surface area (Å²) in [5.74, 6) is -0.860. The third kappa shape index (κ3) is 3.54. The molecule has 20 heavy (non-hydrogen) atoms. The van der Waals surface area contributed by atoms with Crippen molar-refractivity contribution >= 4 is 11.5 Å². The summed E-state index contributed by atoms with van der Waals surface area (Å²) in [7, 11) is 1.30. The Morgan fingerprint density at radius 2 is 2.15 bits per heavy atom. The second-order valence-electron chi connectivity index (χ2n) is 4.82. The van der Waals surface area contributed by atoms with Crippen LogP contribution >= 0.6 is 0 Å². The highest BCUT2D eigenvalue weighted by Crippen LogP contribution is 2.29. The Morgan fingerprint density at radius 1 is 1.50 bits per heavy atom. The molecule has 1 aromatic carbocycles. The molecule has 6 heteroatoms. The zero-order valence-electron chi connectivity index (χ0n) is 11.6. The number of carbonyl (C=O) groups is 1. The maximum Gasteiger partial charge on any atom is 0.310 e. The van der Waals surface area contributed by atoms with E-state index in [0.717, 1.165) is 0 Å². The fourth-order valence-electron chi connectivity index (χ4n) is 1.87. The van der Waals surface area contributed by atoms with Crippen LogP contribution in [0.4, 0.5) is 5.69 Å². The van der Waals surface area contributed by atoms with Gasteiger partial charge in [-0.3, -0.25) is 14.9 Å². The molecule has 0 aromatic heterocycles. The summed E-state index contributed by atoms with van der Waals surface area (Å²) < 4.78 is 4.92. The molecule has 0 bridgehead atoms. The quantitative estimate of drug-likeness (QED) is 0.452. The van der Waals surface area contributed by atoms with E-state index >= 15 is 0 Å². The van der Waals surface area contributed by atoms with Crippen molar-refractivity contribution in [2.45, 2.75) is 20.3 Å². The molecule has 106 valence electrons. The number of hydrogen-bond acceptors (Lipinski definition) is 5. The predicted molar refractivity (Wildman–Crippen MR) is 72.5 cm³/mol. The number of Topliss-reactive ketones (excluding diaryl/α,β-unsaturated/α-hetero) is 1. The van der Waals surface area contributed by atoms with E-state index in [2.05, 4.69) is 0 Å². The number of ether oxygens (including phenoxy) is 1. The first-order valence-electron chi connectivity index (χ1n) is 6.17. The Kier molecular flexibility index (Phi) is 5.21. The Morgan fingerprint density at radius 3 is 2.60 bits per heavy atom. The van der Waals surface area contributed by atoms with Gasteiger partial charge in [-0.05, 0) is 24.5 Å². The Labute approximate surface area is 117 Å². The summed E-state index contributed by atoms with van der Waals surface area (Å²) in [6.07, 6.45) is 0.453. The summed E-state index contributed by atoms with van der Waals surface area (Å²) in [6.45, 7) is 3.85. The summed E-state index contributed by atoms with van der Waals surface area (Å²) in [6, 6.07) is 5.87. The van der Waals surface area contributed by atoms with Crippen molar-refractivity contribution in [1.29, 1.82) is 5.26 Å². The fraction of sp³-hybridized carbons (Fsp3) is 0.429. The molecule has 0 saturated carbocycles. The maximum atomic E-state index is 12.2. The summed E-state index contributed by atoms with van der Waals surface area (Å²) >= 11 is 0. The maximum absolute atomic E-state index is 12.2. The first kappa shape index (κ1) is 15.6. The van der Waals surface area contributed by atoms with Crippen LogP contribution in [0.25, 0.3) is 0 Å². The molecule has 0 fully saturated rings. The lowest BCUT2D eigenvalue weighted by molar-refractivity contribution is -0.385. The molecular formula is C14H16N2O4. The van der Waals surface area contributed by atoms with E-state index in [-0.39, 0.29) is 28.7 Å². The van der Waals surface area contributed by atoms with Crippen molar-refractivity contribution in [3.05, 3.63) is 33.9 Å². The van der Waals surface area contributed by atoms with E-state index in [1.54, 1.807) is 0 Å². The molecule has 0 spiro atoms. The van der Waals surface area contributed by atoms with E-state index in [1.807, 2.05) is 19.9 Å². The normalized spacial score (nSPS) is 11.8. The fourth-order valence-corrected chi connectivity index (χ4v) is 1.87. The number of rotatable bonds is 6. The highest BCUT2D eigenvalue weighted by molar-refractivity contribution is 6.00. The zero-order chi connectivity index (χ0) is 15.3. The number of hydrogen-bond donors (Lipinski definition) is 0. The second-order valence-corrected chi connectivity index (χ2v) is 4.82. The SMILES string of the molecule is COc1cc(C(=O)C(C#N)CC(C)C)ccc1[N+](=O)[O-]. The van der Waals surface area contributed by atoms with Gasteiger partial charge in [0.25, 0.3) is 0 Å². The van der Waals surface area contributed by atoms with Gasteiger partial charge in [0.2, 0.25) is 0 Å². The second kappa shape index (κ2) is 6.66. The molecule has 0 heterocycles. The monoisotopic (exact) mass is 276 g/mol. The van der Waals surface area contributed by atoms with Gasteiger partial charge in [-0.2, -0.15) is 5.26 Å². The Hall–Kier alpha value is -2.42. The highest BCUT2D eigenvalue weighted by atomic mass is 16.6. The van der Waals surface area contributed by atoms with Crippen LogP contribution in [0.5, 0.6) is 5.75 Å². The standard InChI is InChI=1S/C14H16N2O4/c1-9(2)6-11(8-15)14(17)10-4-5-12(16(18)19)13(7-10)20-3/h4-5,7,9,11H,6H2,1-3H3. The van der Waals surface area contributed by atoms with Crippen LogP contribution in [0, 0.1) is 33.3 Å². The number of ketones is 1. The van der Waals surface area contributed by atoms with Crippen molar-refractivity contribution in [3.63, 3.8) is 0 Å². The molecule has 1 atom stereocenters. The minimum Gasteiger partial charge on any atom is -0.490 e. The third-order valence-corrected chi connectivity index (χ3v) is 2.84. The molecule has 0 aliphatic carbocycles. The number of benzene rings is 1. The van der Waals surface area contributed by atoms with Gasteiger partial charge >= 0.3 is 5.69 Å². The van der Waals surface area contributed by atoms with Gasteiger partial charge in [-0.15, -0.1) is 0 Å². The largest absolute Gasteiger partial charge is 0.490 e. The van der Waals surface area contributed by atoms with Gasteiger partial charge in [-0.1, -0.05) is 13.8 Å². The van der Waals surface area contributed by atoms with Crippen LogP contribution < -0.4 is 4.74 Å². The molecule has 0 N–H and O–H groups in total. The average molecular weight is 276 g/mol. The van der Waals surface area contributed by atoms with Crippen LogP contribution in [0.3, 0.4) is 0 Å². The molecule has 0 saturated heterocycles. The number of nitrogens with zero attached hydrogens (tertiary/aromatic N) is 2. The lowest BCUT2D eigenvalue weighted by atomic mass is 9.91. The topological polar surface area (TPSA) is 93.2 Å². The van der Waals surface area contributed by atoms with Crippen molar-refractivity contribution in [2.24, 2.45) is 11.8 Å². The molecule has 0 amide bonds. The first-order valence-corrected chi connectivity index (χ1v) is 6.17. The van der Waals surface area contributed by atoms with Crippen molar-refractivity contribution in [3.8, 4) is 11.8 Å². The molecule has 0 radical (unpaired) electrons. The number of nitro groups is 1. The number of carbonyl (C=O) groups excluding carboxylic acids is 1. The first-order chi connectivity index (χ1) is 9.40. The van der Waals surface area contributed by atoms with E-state index in [9.17, 15) is 14.9 Å². The van der Waals surface area contributed by atoms with Crippen LogP contribution in [-0.2, 0) is 0 Å². The lowest BCUT2D eigenvalue weighted by Crippen LogP contribution is -2.15. The summed E-state index contributed by atoms with van der Waals surface area (Å²) in [4.78, 5) is 22.4. The zero-order valence-corrected chi connectivity index (χ0v) is 11.6. The molecule has 1 rings (SSSR count). The van der Waals surface area contributed by atoms with Crippen LogP contribution in [0.2, 0.25) is 0 Å². The average Bonchev–Trinajstić information content (AvgIpc) is 2.42. The van der Waals surface area contributed by atoms with Crippen LogP contribution in [-0.4, -0.2) is 17.8 Å². The summed E-state index contributed by atoms with van der Waals surface area (Å²) in [5.41, 5.74) is 0.0427. The lowest BCUT2D eigenvalue weighted by Gasteiger charge is -2.11. The van der Waals surface area contributed by atoms with E-state index in [4.69, 9.17) is 10.00 Å². The molecule has 1 aromatic rings. The molecule has 0 aliphatic heterocycles. The Balaban J connectivity index is 3.11. The van der Waals surface area contributed by atoms with E-state index in [1.165, 1.54) is 25.3 Å². The van der Waals surface area contributed by atoms with Crippen molar-refractivity contribution in [1.82, 2.24) is 0 Å². The van der Waals surface area contributed by atoms with Crippen molar-refractivity contribution in [2.75, 3.05) is 7.11 Å². The van der Waals surface area contributed by atoms with Gasteiger partial charge in [-0.25, -0.2) is 0 Å². The molecule has 6 nitrogen and oxygen atoms in total. The van der Waals surface area contributed by atoms with Gasteiger partial charge in [0.1, 0.15) is 5.92 Å². The van der Waals surface area contributed by atoms with Crippen LogP contribution in [0.15, 0.2) is 18.2 Å². The van der Waals surface area contributed by atoms with Crippen LogP contribution in [0.1, 0.15) is 30.6 Å². The molecule has 0 aliphatic rings. The number of nitriles is 1. The van der Waals surface area contributed by atoms with Gasteiger partial charge in [0.05, 0.1) is 18.1 Å². The minimum atomic E-state index is -0.749. The number of methoxy groups -OCH3 is 1. The van der Waals surface area contributed by atoms with Gasteiger partial charge < -0.3 is 4.74 Å². The predicted octanol–water partition coefficient (Wildman–Crippen LogP) is 2.97. The summed E-state index contributed by atoms with van der Waals surface area (Å²) in [5, 5.41) is 19.9. The van der Waals surface area contributed by atoms with E-state index < -0.39 is 10.8 Å². The Bertz CT molecular complexity index is 561. The minimum absolute atomic E-state index is 0.0158. The smallest absolute Gasteiger partial charge is 0.310 e. The molecule has 1 unspecified atom stereocenters. The van der Waals surface area contributed by atoms with E-state index in [0.29, 0.717) is 6.42 Å². The molecular weight excluding hydrogens is 260 g/mol. The highest BCUT2D eigenvalue weighted by Gasteiger charge is 2.23.